The van der Waals surface area contributed by atoms with E-state index in [1.165, 1.54) is 32.0 Å². The Hall–Kier alpha value is -1.04. The Morgan fingerprint density at radius 2 is 2.25 bits per heavy atom. The first-order valence-electron chi connectivity index (χ1n) is 7.48. The highest BCUT2D eigenvalue weighted by molar-refractivity contribution is 7.99. The number of nitrogens with zero attached hydrogens (tertiary/aromatic N) is 2. The van der Waals surface area contributed by atoms with E-state index in [1.807, 2.05) is 0 Å². The van der Waals surface area contributed by atoms with Crippen LogP contribution in [0.4, 0.5) is 0 Å². The van der Waals surface area contributed by atoms with Gasteiger partial charge in [-0.1, -0.05) is 50.8 Å². The number of hydrogen-bond acceptors (Lipinski definition) is 5. The van der Waals surface area contributed by atoms with Gasteiger partial charge in [-0.3, -0.25) is 9.89 Å². The Morgan fingerprint density at radius 3 is 3.00 bits per heavy atom. The van der Waals surface area contributed by atoms with Gasteiger partial charge in [0, 0.05) is 5.75 Å². The van der Waals surface area contributed by atoms with E-state index in [4.69, 9.17) is 4.74 Å². The fraction of sp³-hybridized carbons (Fsp3) is 0.786. The van der Waals surface area contributed by atoms with E-state index >= 15 is 0 Å². The highest BCUT2D eigenvalue weighted by Crippen LogP contribution is 2.29. The summed E-state index contributed by atoms with van der Waals surface area (Å²) >= 11 is 1.56. The van der Waals surface area contributed by atoms with Crippen LogP contribution in [0.2, 0.25) is 0 Å². The van der Waals surface area contributed by atoms with Crippen molar-refractivity contribution in [1.82, 2.24) is 15.2 Å². The summed E-state index contributed by atoms with van der Waals surface area (Å²) in [7, 11) is 0. The predicted octanol–water partition coefficient (Wildman–Crippen LogP) is 3.19. The zero-order valence-electron chi connectivity index (χ0n) is 12.0. The average Bonchev–Trinajstić information content (AvgIpc) is 3.06. The second-order valence-electron chi connectivity index (χ2n) is 5.30. The highest BCUT2D eigenvalue weighted by atomic mass is 32.2. The van der Waals surface area contributed by atoms with E-state index in [-0.39, 0.29) is 18.0 Å². The van der Waals surface area contributed by atoms with Crippen molar-refractivity contribution in [3.63, 3.8) is 0 Å². The molecule has 0 saturated carbocycles. The van der Waals surface area contributed by atoms with Crippen LogP contribution in [0.15, 0.2) is 11.5 Å². The second-order valence-corrected chi connectivity index (χ2v) is 6.30. The van der Waals surface area contributed by atoms with Gasteiger partial charge in [-0.25, -0.2) is 4.98 Å². The Labute approximate surface area is 124 Å². The van der Waals surface area contributed by atoms with Crippen molar-refractivity contribution < 1.29 is 9.53 Å². The Kier molecular flexibility index (Phi) is 6.36. The molecule has 0 aliphatic carbocycles. The fourth-order valence-corrected chi connectivity index (χ4v) is 3.28. The van der Waals surface area contributed by atoms with Crippen LogP contribution < -0.4 is 0 Å². The van der Waals surface area contributed by atoms with Gasteiger partial charge in [0.05, 0.1) is 5.92 Å². The van der Waals surface area contributed by atoms with Crippen LogP contribution in [0.1, 0.15) is 51.9 Å². The molecule has 6 heteroatoms. The van der Waals surface area contributed by atoms with Crippen LogP contribution in [0.3, 0.4) is 0 Å². The topological polar surface area (TPSA) is 67.9 Å². The van der Waals surface area contributed by atoms with Crippen LogP contribution in [0.5, 0.6) is 0 Å². The third kappa shape index (κ3) is 4.81. The zero-order valence-corrected chi connectivity index (χ0v) is 12.8. The molecule has 0 unspecified atom stereocenters. The number of carbonyl (C=O) groups is 1. The summed E-state index contributed by atoms with van der Waals surface area (Å²) in [6.07, 6.45) is 9.55. The minimum Gasteiger partial charge on any atom is -0.461 e. The first-order chi connectivity index (χ1) is 9.79. The number of carbonyl (C=O) groups excluding carboxylic acids is 1. The first kappa shape index (κ1) is 15.4. The van der Waals surface area contributed by atoms with E-state index in [9.17, 15) is 4.79 Å². The van der Waals surface area contributed by atoms with Gasteiger partial charge in [0.2, 0.25) is 0 Å². The molecule has 2 atom stereocenters. The van der Waals surface area contributed by atoms with Crippen molar-refractivity contribution in [3.8, 4) is 0 Å². The van der Waals surface area contributed by atoms with E-state index in [0.717, 1.165) is 30.2 Å². The number of aromatic amines is 1. The van der Waals surface area contributed by atoms with E-state index in [2.05, 4.69) is 22.1 Å². The Morgan fingerprint density at radius 1 is 1.40 bits per heavy atom. The molecule has 1 aliphatic heterocycles. The number of nitrogens with one attached hydrogen (secondary N) is 1. The second kappa shape index (κ2) is 8.29. The minimum atomic E-state index is -0.0105. The lowest BCUT2D eigenvalue weighted by Crippen LogP contribution is -2.09. The maximum Gasteiger partial charge on any atom is 0.309 e. The summed E-state index contributed by atoms with van der Waals surface area (Å²) < 4.78 is 5.43. The van der Waals surface area contributed by atoms with Crippen molar-refractivity contribution in [3.05, 3.63) is 6.33 Å². The molecule has 1 aromatic rings. The molecule has 0 bridgehead atoms. The molecule has 1 aromatic heterocycles. The predicted molar refractivity (Wildman–Crippen MR) is 78.5 cm³/mol. The monoisotopic (exact) mass is 297 g/mol. The smallest absolute Gasteiger partial charge is 0.309 e. The summed E-state index contributed by atoms with van der Waals surface area (Å²) in [4.78, 5) is 15.8. The Bertz CT molecular complexity index is 397. The molecule has 5 nitrogen and oxygen atoms in total. The number of rotatable bonds is 9. The lowest BCUT2D eigenvalue weighted by molar-refractivity contribution is -0.143. The standard InChI is InChI=1S/C14H23N3O2S/c1-2-3-4-5-6-7-11-8-12(19-13(11)18)9-20-14-15-10-16-17-14/h10-12H,2-9H2,1H3,(H,15,16,17)/t11-,12+/m1/s1. The lowest BCUT2D eigenvalue weighted by Gasteiger charge is -2.06. The van der Waals surface area contributed by atoms with Gasteiger partial charge in [-0.05, 0) is 12.8 Å². The zero-order chi connectivity index (χ0) is 14.2. The molecule has 0 amide bonds. The van der Waals surface area contributed by atoms with Crippen molar-refractivity contribution >= 4 is 17.7 Å². The number of ether oxygens (including phenoxy) is 1. The van der Waals surface area contributed by atoms with Crippen molar-refractivity contribution in [1.29, 1.82) is 0 Å². The van der Waals surface area contributed by atoms with Crippen LogP contribution in [-0.2, 0) is 9.53 Å². The summed E-state index contributed by atoms with van der Waals surface area (Å²) in [6.45, 7) is 2.21. The van der Waals surface area contributed by atoms with E-state index < -0.39 is 0 Å². The number of hydrogen-bond donors (Lipinski definition) is 1. The molecular formula is C14H23N3O2S. The molecule has 1 saturated heterocycles. The molecular weight excluding hydrogens is 274 g/mol. The Balaban J connectivity index is 1.62. The van der Waals surface area contributed by atoms with Crippen LogP contribution >= 0.6 is 11.8 Å². The third-order valence-electron chi connectivity index (χ3n) is 3.62. The number of aromatic nitrogens is 3. The lowest BCUT2D eigenvalue weighted by atomic mass is 9.97. The molecule has 0 spiro atoms. The average molecular weight is 297 g/mol. The van der Waals surface area contributed by atoms with Crippen LogP contribution in [0, 0.1) is 5.92 Å². The highest BCUT2D eigenvalue weighted by Gasteiger charge is 2.33. The van der Waals surface area contributed by atoms with Gasteiger partial charge < -0.3 is 4.74 Å². The largest absolute Gasteiger partial charge is 0.461 e. The maximum absolute atomic E-state index is 11.8. The minimum absolute atomic E-state index is 0.0105. The van der Waals surface area contributed by atoms with Gasteiger partial charge in [-0.15, -0.1) is 0 Å². The normalized spacial score (nSPS) is 22.1. The summed E-state index contributed by atoms with van der Waals surface area (Å²) in [6, 6.07) is 0. The number of cyclic esters (lactones) is 1. The van der Waals surface area contributed by atoms with Gasteiger partial charge in [0.15, 0.2) is 5.16 Å². The van der Waals surface area contributed by atoms with Crippen LogP contribution in [-0.4, -0.2) is 33.0 Å². The maximum atomic E-state index is 11.8. The van der Waals surface area contributed by atoms with Gasteiger partial charge in [0.25, 0.3) is 0 Å². The molecule has 1 fully saturated rings. The molecule has 20 heavy (non-hydrogen) atoms. The van der Waals surface area contributed by atoms with Gasteiger partial charge in [-0.2, -0.15) is 5.10 Å². The summed E-state index contributed by atoms with van der Waals surface area (Å²) in [5.41, 5.74) is 0. The molecule has 2 heterocycles. The fourth-order valence-electron chi connectivity index (χ4n) is 2.49. The van der Waals surface area contributed by atoms with E-state index in [0.29, 0.717) is 0 Å². The van der Waals surface area contributed by atoms with Crippen molar-refractivity contribution in [2.75, 3.05) is 5.75 Å². The van der Waals surface area contributed by atoms with E-state index in [1.54, 1.807) is 11.8 Å². The van der Waals surface area contributed by atoms with Crippen molar-refractivity contribution in [2.24, 2.45) is 5.92 Å². The SMILES string of the molecule is CCCCCCC[C@@H]1C[C@@H](CSc2ncn[nH]2)OC1=O. The van der Waals surface area contributed by atoms with Gasteiger partial charge >= 0.3 is 5.97 Å². The molecule has 0 radical (unpaired) electrons. The molecule has 112 valence electrons. The quantitative estimate of drug-likeness (QED) is 0.431. The third-order valence-corrected chi connectivity index (χ3v) is 4.63. The van der Waals surface area contributed by atoms with Crippen molar-refractivity contribution in [2.45, 2.75) is 63.1 Å². The number of unbranched alkanes of at least 4 members (excludes halogenated alkanes) is 4. The number of thioether (sulfide) groups is 1. The summed E-state index contributed by atoms with van der Waals surface area (Å²) in [5, 5.41) is 7.38. The summed E-state index contributed by atoms with van der Waals surface area (Å²) in [5.74, 6) is 0.855. The molecule has 1 N–H and O–H groups in total. The molecule has 1 aliphatic rings. The first-order valence-corrected chi connectivity index (χ1v) is 8.46. The molecule has 0 aromatic carbocycles. The molecule has 2 rings (SSSR count). The number of esters is 1. The van der Waals surface area contributed by atoms with Crippen LogP contribution in [0.25, 0.3) is 0 Å². The van der Waals surface area contributed by atoms with Gasteiger partial charge in [0.1, 0.15) is 12.4 Å². The number of H-pyrrole nitrogens is 1.